The second-order valence-electron chi connectivity index (χ2n) is 10.0. The number of nitrogens with one attached hydrogen (secondary N) is 2. The summed E-state index contributed by atoms with van der Waals surface area (Å²) < 4.78 is 1.18. The molecule has 6 rings (SSSR count). The lowest BCUT2D eigenvalue weighted by atomic mass is 9.97. The number of fused-ring (bicyclic) bond motifs is 2. The Bertz CT molecular complexity index is 1280. The van der Waals surface area contributed by atoms with E-state index in [1.54, 1.807) is 11.3 Å². The smallest absolute Gasteiger partial charge is 0.224 e. The molecule has 5 heterocycles. The monoisotopic (exact) mass is 503 g/mol. The van der Waals surface area contributed by atoms with Crippen LogP contribution in [-0.2, 0) is 11.2 Å². The number of carbonyl (C=O) groups is 1. The van der Waals surface area contributed by atoms with Gasteiger partial charge in [0.2, 0.25) is 5.91 Å². The summed E-state index contributed by atoms with van der Waals surface area (Å²) in [5.41, 5.74) is 7.67. The third-order valence-electron chi connectivity index (χ3n) is 7.67. The van der Waals surface area contributed by atoms with E-state index in [0.717, 1.165) is 74.8 Å². The van der Waals surface area contributed by atoms with Gasteiger partial charge >= 0.3 is 0 Å². The van der Waals surface area contributed by atoms with Gasteiger partial charge in [0.05, 0.1) is 21.8 Å². The summed E-state index contributed by atoms with van der Waals surface area (Å²) in [5, 5.41) is 7.23. The van der Waals surface area contributed by atoms with Crippen molar-refractivity contribution in [3.05, 3.63) is 53.2 Å². The zero-order valence-corrected chi connectivity index (χ0v) is 21.6. The maximum atomic E-state index is 12.8. The lowest BCUT2D eigenvalue weighted by molar-refractivity contribution is -0.131. The number of piperazine rings is 1. The Hall–Kier alpha value is -3.01. The second-order valence-corrected chi connectivity index (χ2v) is 10.9. The first-order valence-corrected chi connectivity index (χ1v) is 13.7. The molecule has 1 unspecified atom stereocenters. The van der Waals surface area contributed by atoms with Crippen LogP contribution in [0.2, 0.25) is 0 Å². The molecule has 0 bridgehead atoms. The number of thiazole rings is 1. The zero-order valence-electron chi connectivity index (χ0n) is 20.7. The summed E-state index contributed by atoms with van der Waals surface area (Å²) >= 11 is 1.65. The van der Waals surface area contributed by atoms with Crippen molar-refractivity contribution in [2.75, 3.05) is 63.5 Å². The summed E-state index contributed by atoms with van der Waals surface area (Å²) in [7, 11) is 2.16. The number of hydrogen-bond acceptors (Lipinski definition) is 8. The molecule has 1 aromatic carbocycles. The van der Waals surface area contributed by atoms with Crippen molar-refractivity contribution in [3.63, 3.8) is 0 Å². The molecule has 3 aliphatic heterocycles. The molecule has 0 aliphatic carbocycles. The molecule has 9 heteroatoms. The first kappa shape index (κ1) is 23.4. The quantitative estimate of drug-likeness (QED) is 0.498. The molecule has 3 aliphatic rings. The van der Waals surface area contributed by atoms with Crippen LogP contribution in [0.15, 0.2) is 47.6 Å². The minimum Gasteiger partial charge on any atom is -0.363 e. The molecule has 1 saturated heterocycles. The maximum Gasteiger partial charge on any atom is 0.224 e. The van der Waals surface area contributed by atoms with Crippen LogP contribution in [0.5, 0.6) is 0 Å². The maximum absolute atomic E-state index is 12.8. The van der Waals surface area contributed by atoms with E-state index >= 15 is 0 Å². The Balaban J connectivity index is 1.05. The number of nitrogens with zero attached hydrogens (tertiary/aromatic N) is 5. The van der Waals surface area contributed by atoms with E-state index in [2.05, 4.69) is 67.8 Å². The van der Waals surface area contributed by atoms with E-state index in [0.29, 0.717) is 13.0 Å². The number of rotatable bonds is 6. The SMILES string of the molecule is CN1CCN(CCC(=O)N2CC=C(C3Cc4c(Nc5ccc6ncsc6c5)ccnc4N3)CC2)CC1. The first-order chi connectivity index (χ1) is 17.6. The molecule has 1 atom stereocenters. The van der Waals surface area contributed by atoms with Crippen molar-refractivity contribution in [1.29, 1.82) is 0 Å². The number of carbonyl (C=O) groups excluding carboxylic acids is 1. The third kappa shape index (κ3) is 4.96. The van der Waals surface area contributed by atoms with Gasteiger partial charge in [-0.3, -0.25) is 4.79 Å². The predicted molar refractivity (Wildman–Crippen MR) is 146 cm³/mol. The number of hydrogen-bond donors (Lipinski definition) is 2. The Morgan fingerprint density at radius 3 is 2.89 bits per heavy atom. The van der Waals surface area contributed by atoms with Crippen molar-refractivity contribution in [1.82, 2.24) is 24.7 Å². The number of amides is 1. The van der Waals surface area contributed by atoms with E-state index in [1.165, 1.54) is 15.8 Å². The molecular weight excluding hydrogens is 470 g/mol. The van der Waals surface area contributed by atoms with Gasteiger partial charge in [0.25, 0.3) is 0 Å². The Morgan fingerprint density at radius 1 is 1.17 bits per heavy atom. The fourth-order valence-corrected chi connectivity index (χ4v) is 6.10. The van der Waals surface area contributed by atoms with Crippen LogP contribution in [-0.4, -0.2) is 89.5 Å². The van der Waals surface area contributed by atoms with Crippen LogP contribution in [0.3, 0.4) is 0 Å². The Kier molecular flexibility index (Phi) is 6.60. The topological polar surface area (TPSA) is 76.6 Å². The second kappa shape index (κ2) is 10.2. The van der Waals surface area contributed by atoms with Crippen molar-refractivity contribution >= 4 is 44.7 Å². The van der Waals surface area contributed by atoms with Crippen LogP contribution >= 0.6 is 11.3 Å². The molecule has 0 spiro atoms. The standard InChI is InChI=1S/C27H33N7OS/c1-32-12-14-33(15-13-32)9-7-26(35)34-10-5-19(6-11-34)24-17-21-22(4-8-28-27(21)31-24)30-20-2-3-23-25(16-20)36-18-29-23/h2-5,8,16,18,24H,6-7,9-15,17H2,1H3,(H2,28,30,31). The van der Waals surface area contributed by atoms with Gasteiger partial charge < -0.3 is 25.3 Å². The van der Waals surface area contributed by atoms with Gasteiger partial charge in [-0.05, 0) is 43.3 Å². The number of pyridine rings is 1. The summed E-state index contributed by atoms with van der Waals surface area (Å²) in [6.07, 6.45) is 6.55. The number of anilines is 3. The molecule has 2 N–H and O–H groups in total. The highest BCUT2D eigenvalue weighted by molar-refractivity contribution is 7.16. The fraction of sp³-hybridized carbons (Fsp3) is 0.444. The van der Waals surface area contributed by atoms with Crippen LogP contribution in [0.4, 0.5) is 17.2 Å². The molecule has 3 aromatic rings. The fourth-order valence-electron chi connectivity index (χ4n) is 5.38. The summed E-state index contributed by atoms with van der Waals surface area (Å²) in [6.45, 7) is 6.69. The molecule has 2 aromatic heterocycles. The van der Waals surface area contributed by atoms with Crippen molar-refractivity contribution in [2.45, 2.75) is 25.3 Å². The molecule has 0 saturated carbocycles. The average molecular weight is 504 g/mol. The van der Waals surface area contributed by atoms with Gasteiger partial charge in [0.15, 0.2) is 0 Å². The van der Waals surface area contributed by atoms with E-state index in [-0.39, 0.29) is 11.9 Å². The van der Waals surface area contributed by atoms with E-state index < -0.39 is 0 Å². The van der Waals surface area contributed by atoms with Crippen molar-refractivity contribution < 1.29 is 4.79 Å². The number of aromatic nitrogens is 2. The normalized spacial score (nSPS) is 20.8. The average Bonchev–Trinajstić information content (AvgIpc) is 3.56. The molecule has 188 valence electrons. The van der Waals surface area contributed by atoms with Crippen molar-refractivity contribution in [2.24, 2.45) is 0 Å². The lowest BCUT2D eigenvalue weighted by Gasteiger charge is -2.33. The molecule has 0 radical (unpaired) electrons. The Morgan fingerprint density at radius 2 is 2.06 bits per heavy atom. The summed E-state index contributed by atoms with van der Waals surface area (Å²) in [5.74, 6) is 1.23. The molecule has 8 nitrogen and oxygen atoms in total. The van der Waals surface area contributed by atoms with Crippen LogP contribution < -0.4 is 10.6 Å². The largest absolute Gasteiger partial charge is 0.363 e. The van der Waals surface area contributed by atoms with E-state index in [9.17, 15) is 4.79 Å². The highest BCUT2D eigenvalue weighted by Crippen LogP contribution is 2.36. The van der Waals surface area contributed by atoms with Gasteiger partial charge in [-0.15, -0.1) is 11.3 Å². The minimum absolute atomic E-state index is 0.238. The zero-order chi connectivity index (χ0) is 24.5. The molecule has 1 fully saturated rings. The third-order valence-corrected chi connectivity index (χ3v) is 8.46. The van der Waals surface area contributed by atoms with Gasteiger partial charge in [-0.1, -0.05) is 6.08 Å². The Labute approximate surface area is 216 Å². The number of benzene rings is 1. The highest BCUT2D eigenvalue weighted by atomic mass is 32.1. The molecule has 36 heavy (non-hydrogen) atoms. The van der Waals surface area contributed by atoms with E-state index in [1.807, 2.05) is 16.6 Å². The molecule has 1 amide bonds. The predicted octanol–water partition coefficient (Wildman–Crippen LogP) is 3.57. The lowest BCUT2D eigenvalue weighted by Crippen LogP contribution is -2.46. The van der Waals surface area contributed by atoms with Gasteiger partial charge in [0.1, 0.15) is 5.82 Å². The highest BCUT2D eigenvalue weighted by Gasteiger charge is 2.29. The van der Waals surface area contributed by atoms with Gasteiger partial charge in [0, 0.05) is 81.8 Å². The summed E-state index contributed by atoms with van der Waals surface area (Å²) in [4.78, 5) is 28.6. The van der Waals surface area contributed by atoms with Crippen LogP contribution in [0.25, 0.3) is 10.2 Å². The number of likely N-dealkylation sites (N-methyl/N-ethyl adjacent to an activating group) is 1. The first-order valence-electron chi connectivity index (χ1n) is 12.8. The van der Waals surface area contributed by atoms with Crippen LogP contribution in [0.1, 0.15) is 18.4 Å². The summed E-state index contributed by atoms with van der Waals surface area (Å²) in [6, 6.07) is 8.58. The van der Waals surface area contributed by atoms with Crippen LogP contribution in [0, 0.1) is 0 Å². The molecular formula is C27H33N7OS. The minimum atomic E-state index is 0.238. The van der Waals surface area contributed by atoms with Gasteiger partial charge in [-0.2, -0.15) is 0 Å². The van der Waals surface area contributed by atoms with Crippen molar-refractivity contribution in [3.8, 4) is 0 Å². The van der Waals surface area contributed by atoms with Gasteiger partial charge in [-0.25, -0.2) is 9.97 Å². The van der Waals surface area contributed by atoms with E-state index in [4.69, 9.17) is 0 Å².